The molecule has 0 saturated heterocycles. The number of rotatable bonds is 3. The van der Waals surface area contributed by atoms with E-state index in [4.69, 9.17) is 5.73 Å². The predicted molar refractivity (Wildman–Crippen MR) is 81.1 cm³/mol. The molecule has 5 nitrogen and oxygen atoms in total. The van der Waals surface area contributed by atoms with Crippen molar-refractivity contribution in [3.8, 4) is 0 Å². The van der Waals surface area contributed by atoms with Crippen LogP contribution in [0.25, 0.3) is 11.0 Å². The summed E-state index contributed by atoms with van der Waals surface area (Å²) in [5.74, 6) is 0.442. The minimum Gasteiger partial charge on any atom is -0.392 e. The lowest BCUT2D eigenvalue weighted by Crippen LogP contribution is -2.06. The molecule has 20 heavy (non-hydrogen) atoms. The average Bonchev–Trinajstić information content (AvgIpc) is 2.74. The second-order valence-corrected chi connectivity index (χ2v) is 5.30. The Kier molecular flexibility index (Phi) is 3.42. The molecule has 0 aliphatic heterocycles. The van der Waals surface area contributed by atoms with Crippen molar-refractivity contribution < 1.29 is 5.11 Å². The second-order valence-electron chi connectivity index (χ2n) is 4.49. The monoisotopic (exact) mass is 332 g/mol. The normalized spacial score (nSPS) is 11.1. The van der Waals surface area contributed by atoms with Gasteiger partial charge < -0.3 is 15.4 Å². The third kappa shape index (κ3) is 2.39. The van der Waals surface area contributed by atoms with Crippen LogP contribution >= 0.6 is 15.9 Å². The molecule has 1 aromatic carbocycles. The molecule has 0 aliphatic rings. The third-order valence-corrected chi connectivity index (χ3v) is 3.56. The van der Waals surface area contributed by atoms with E-state index < -0.39 is 0 Å². The maximum Gasteiger partial charge on any atom is 0.201 e. The van der Waals surface area contributed by atoms with E-state index in [1.807, 2.05) is 41.0 Å². The Bertz CT molecular complexity index is 769. The standard InChI is InChI=1S/C14H13BrN4O/c15-13-3-1-2-10(17-13)7-19-12-6-9(8-20)4-5-11(12)18-14(19)16/h1-6,20H,7-8H2,(H2,16,18). The summed E-state index contributed by atoms with van der Waals surface area (Å²) < 4.78 is 2.68. The highest BCUT2D eigenvalue weighted by Crippen LogP contribution is 2.21. The highest BCUT2D eigenvalue weighted by Gasteiger charge is 2.10. The van der Waals surface area contributed by atoms with E-state index >= 15 is 0 Å². The molecule has 3 aromatic rings. The van der Waals surface area contributed by atoms with Crippen molar-refractivity contribution in [1.29, 1.82) is 0 Å². The Labute approximate surface area is 124 Å². The number of imidazole rings is 1. The summed E-state index contributed by atoms with van der Waals surface area (Å²) in [6.45, 7) is 0.535. The number of aromatic nitrogens is 3. The van der Waals surface area contributed by atoms with Crippen LogP contribution in [0.1, 0.15) is 11.3 Å². The molecule has 0 aliphatic carbocycles. The summed E-state index contributed by atoms with van der Waals surface area (Å²) in [5.41, 5.74) is 9.42. The Morgan fingerprint density at radius 3 is 2.80 bits per heavy atom. The largest absolute Gasteiger partial charge is 0.392 e. The van der Waals surface area contributed by atoms with Crippen molar-refractivity contribution in [2.45, 2.75) is 13.2 Å². The molecule has 0 saturated carbocycles. The predicted octanol–water partition coefficient (Wildman–Crippen LogP) is 2.32. The summed E-state index contributed by atoms with van der Waals surface area (Å²) in [5, 5.41) is 9.24. The van der Waals surface area contributed by atoms with Gasteiger partial charge in [0.05, 0.1) is 29.9 Å². The van der Waals surface area contributed by atoms with Crippen molar-refractivity contribution >= 4 is 32.9 Å². The SMILES string of the molecule is Nc1nc2ccc(CO)cc2n1Cc1cccc(Br)n1. The average molecular weight is 333 g/mol. The van der Waals surface area contributed by atoms with E-state index in [1.165, 1.54) is 0 Å². The van der Waals surface area contributed by atoms with Crippen molar-refractivity contribution in [2.75, 3.05) is 5.73 Å². The zero-order valence-electron chi connectivity index (χ0n) is 10.6. The molecule has 6 heteroatoms. The first-order valence-corrected chi connectivity index (χ1v) is 6.93. The number of nitrogen functional groups attached to an aromatic ring is 1. The summed E-state index contributed by atoms with van der Waals surface area (Å²) in [7, 11) is 0. The summed E-state index contributed by atoms with van der Waals surface area (Å²) >= 11 is 3.36. The van der Waals surface area contributed by atoms with E-state index in [2.05, 4.69) is 25.9 Å². The number of nitrogens with zero attached hydrogens (tertiary/aromatic N) is 3. The first kappa shape index (κ1) is 13.1. The topological polar surface area (TPSA) is 77.0 Å². The first-order chi connectivity index (χ1) is 9.67. The third-order valence-electron chi connectivity index (χ3n) is 3.12. The summed E-state index contributed by atoms with van der Waals surface area (Å²) in [6, 6.07) is 11.4. The van der Waals surface area contributed by atoms with Gasteiger partial charge >= 0.3 is 0 Å². The van der Waals surface area contributed by atoms with Gasteiger partial charge in [-0.1, -0.05) is 12.1 Å². The maximum absolute atomic E-state index is 9.24. The molecular formula is C14H13BrN4O. The molecule has 3 rings (SSSR count). The lowest BCUT2D eigenvalue weighted by molar-refractivity contribution is 0.282. The van der Waals surface area contributed by atoms with E-state index in [0.717, 1.165) is 26.9 Å². The van der Waals surface area contributed by atoms with Crippen molar-refractivity contribution in [1.82, 2.24) is 14.5 Å². The maximum atomic E-state index is 9.24. The van der Waals surface area contributed by atoms with E-state index in [-0.39, 0.29) is 6.61 Å². The lowest BCUT2D eigenvalue weighted by Gasteiger charge is -2.07. The van der Waals surface area contributed by atoms with Crippen LogP contribution in [0.2, 0.25) is 0 Å². The minimum absolute atomic E-state index is 0.00381. The van der Waals surface area contributed by atoms with Gasteiger partial charge in [-0.3, -0.25) is 0 Å². The highest BCUT2D eigenvalue weighted by molar-refractivity contribution is 9.10. The molecule has 0 unspecified atom stereocenters. The Hall–Kier alpha value is -1.92. The van der Waals surface area contributed by atoms with Crippen LogP contribution in [0.4, 0.5) is 5.95 Å². The number of halogens is 1. The van der Waals surface area contributed by atoms with Crippen molar-refractivity contribution in [3.63, 3.8) is 0 Å². The smallest absolute Gasteiger partial charge is 0.201 e. The van der Waals surface area contributed by atoms with Gasteiger partial charge in [0.25, 0.3) is 0 Å². The quantitative estimate of drug-likeness (QED) is 0.721. The minimum atomic E-state index is -0.00381. The fourth-order valence-corrected chi connectivity index (χ4v) is 2.53. The van der Waals surface area contributed by atoms with Gasteiger partial charge in [-0.2, -0.15) is 0 Å². The zero-order chi connectivity index (χ0) is 14.1. The van der Waals surface area contributed by atoms with Crippen LogP contribution in [-0.4, -0.2) is 19.6 Å². The molecular weight excluding hydrogens is 320 g/mol. The van der Waals surface area contributed by atoms with Gasteiger partial charge in [-0.05, 0) is 45.8 Å². The molecule has 0 bridgehead atoms. The molecule has 0 amide bonds. The van der Waals surface area contributed by atoms with E-state index in [9.17, 15) is 5.11 Å². The van der Waals surface area contributed by atoms with Crippen molar-refractivity contribution in [3.05, 3.63) is 52.3 Å². The van der Waals surface area contributed by atoms with Crippen LogP contribution in [0.3, 0.4) is 0 Å². The van der Waals surface area contributed by atoms with Gasteiger partial charge in [-0.25, -0.2) is 9.97 Å². The molecule has 0 atom stereocenters. The number of aliphatic hydroxyl groups is 1. The number of benzene rings is 1. The number of fused-ring (bicyclic) bond motifs is 1. The van der Waals surface area contributed by atoms with Crippen molar-refractivity contribution in [2.24, 2.45) is 0 Å². The van der Waals surface area contributed by atoms with E-state index in [0.29, 0.717) is 12.5 Å². The van der Waals surface area contributed by atoms with Gasteiger partial charge in [0.1, 0.15) is 4.60 Å². The number of aliphatic hydroxyl groups excluding tert-OH is 1. The Balaban J connectivity index is 2.08. The van der Waals surface area contributed by atoms with Crippen LogP contribution in [0, 0.1) is 0 Å². The number of hydrogen-bond donors (Lipinski definition) is 2. The van der Waals surface area contributed by atoms with E-state index in [1.54, 1.807) is 0 Å². The van der Waals surface area contributed by atoms with Gasteiger partial charge in [0.15, 0.2) is 0 Å². The van der Waals surface area contributed by atoms with Crippen LogP contribution < -0.4 is 5.73 Å². The Morgan fingerprint density at radius 1 is 1.20 bits per heavy atom. The molecule has 0 radical (unpaired) electrons. The van der Waals surface area contributed by atoms with Gasteiger partial charge in [0.2, 0.25) is 5.95 Å². The first-order valence-electron chi connectivity index (χ1n) is 6.14. The summed E-state index contributed by atoms with van der Waals surface area (Å²) in [6.07, 6.45) is 0. The van der Waals surface area contributed by atoms with Crippen LogP contribution in [-0.2, 0) is 13.2 Å². The molecule has 0 fully saturated rings. The van der Waals surface area contributed by atoms with Gasteiger partial charge in [0, 0.05) is 0 Å². The van der Waals surface area contributed by atoms with Gasteiger partial charge in [-0.15, -0.1) is 0 Å². The highest BCUT2D eigenvalue weighted by atomic mass is 79.9. The molecule has 0 spiro atoms. The number of hydrogen-bond acceptors (Lipinski definition) is 4. The lowest BCUT2D eigenvalue weighted by atomic mass is 10.2. The number of pyridine rings is 1. The molecule has 3 N–H and O–H groups in total. The Morgan fingerprint density at radius 2 is 2.05 bits per heavy atom. The van der Waals surface area contributed by atoms with Crippen LogP contribution in [0.5, 0.6) is 0 Å². The number of anilines is 1. The second kappa shape index (κ2) is 5.22. The van der Waals surface area contributed by atoms with Crippen LogP contribution in [0.15, 0.2) is 41.0 Å². The fourth-order valence-electron chi connectivity index (χ4n) is 2.15. The number of nitrogens with two attached hydrogens (primary N) is 1. The molecule has 2 heterocycles. The molecule has 102 valence electrons. The fraction of sp³-hybridized carbons (Fsp3) is 0.143. The summed E-state index contributed by atoms with van der Waals surface area (Å²) in [4.78, 5) is 8.73. The zero-order valence-corrected chi connectivity index (χ0v) is 12.2. The molecule has 2 aromatic heterocycles.